The van der Waals surface area contributed by atoms with Gasteiger partial charge in [-0.15, -0.1) is 0 Å². The van der Waals surface area contributed by atoms with Gasteiger partial charge in [-0.25, -0.2) is 0 Å². The number of allylic oxidation sites excluding steroid dienone is 2. The van der Waals surface area contributed by atoms with Gasteiger partial charge in [-0.2, -0.15) is 0 Å². The summed E-state index contributed by atoms with van der Waals surface area (Å²) in [6.45, 7) is 10.0. The molecule has 4 fully saturated rings. The van der Waals surface area contributed by atoms with Crippen LogP contribution < -0.4 is 0 Å². The fourth-order valence-corrected chi connectivity index (χ4v) is 7.10. The molecule has 2 heteroatoms. The molecule has 0 aliphatic heterocycles. The molecule has 0 aromatic rings. The summed E-state index contributed by atoms with van der Waals surface area (Å²) in [4.78, 5) is 0. The normalized spacial score (nSPS) is 49.6. The third-order valence-electron chi connectivity index (χ3n) is 8.80. The van der Waals surface area contributed by atoms with Crippen molar-refractivity contribution in [2.45, 2.75) is 58.6 Å². The average molecular weight is 268 g/mol. The maximum Gasteiger partial charge on any atom is 0.101 e. The van der Waals surface area contributed by atoms with Gasteiger partial charge in [-0.3, -0.25) is 0 Å². The molecule has 6 atom stereocenters. The van der Waals surface area contributed by atoms with Gasteiger partial charge in [0.15, 0.2) is 0 Å². The predicted molar refractivity (Wildman–Crippen MR) is 91.3 cm³/mol. The first kappa shape index (κ1) is 13.5. The number of hydrogen-bond acceptors (Lipinski definition) is 0. The molecule has 5 rings (SSSR count). The SMILES string of the molecule is BC(B)(C(C)(C)C)C12CC3CC4C1=CCC4C(C3)C2C. The third-order valence-corrected chi connectivity index (χ3v) is 8.80. The summed E-state index contributed by atoms with van der Waals surface area (Å²) in [6, 6.07) is 0. The molecule has 0 aromatic heterocycles. The molecule has 6 unspecified atom stereocenters. The lowest BCUT2D eigenvalue weighted by Crippen LogP contribution is -2.62. The Balaban J connectivity index is 1.92. The molecular weight excluding hydrogens is 238 g/mol. The Morgan fingerprint density at radius 1 is 1.15 bits per heavy atom. The van der Waals surface area contributed by atoms with Gasteiger partial charge in [-0.1, -0.05) is 44.6 Å². The highest BCUT2D eigenvalue weighted by Gasteiger charge is 2.68. The van der Waals surface area contributed by atoms with E-state index in [-0.39, 0.29) is 0 Å². The zero-order valence-corrected chi connectivity index (χ0v) is 14.3. The summed E-state index contributed by atoms with van der Waals surface area (Å²) < 4.78 is 0. The van der Waals surface area contributed by atoms with Gasteiger partial charge >= 0.3 is 0 Å². The van der Waals surface area contributed by atoms with E-state index in [1.54, 1.807) is 6.42 Å². The van der Waals surface area contributed by atoms with Crippen LogP contribution in [0.4, 0.5) is 0 Å². The Morgan fingerprint density at radius 3 is 2.50 bits per heavy atom. The molecule has 0 amide bonds. The minimum Gasteiger partial charge on any atom is -0.0842 e. The molecule has 5 aliphatic rings. The average Bonchev–Trinajstić information content (AvgIpc) is 2.75. The molecule has 0 nitrogen and oxygen atoms in total. The van der Waals surface area contributed by atoms with E-state index in [9.17, 15) is 0 Å². The van der Waals surface area contributed by atoms with Crippen molar-refractivity contribution in [2.75, 3.05) is 0 Å². The second kappa shape index (κ2) is 3.61. The first-order chi connectivity index (χ1) is 9.20. The summed E-state index contributed by atoms with van der Waals surface area (Å²) in [7, 11) is 5.18. The van der Waals surface area contributed by atoms with E-state index >= 15 is 0 Å². The van der Waals surface area contributed by atoms with Crippen LogP contribution >= 0.6 is 0 Å². The predicted octanol–water partition coefficient (Wildman–Crippen LogP) is 3.04. The quantitative estimate of drug-likeness (QED) is 0.506. The van der Waals surface area contributed by atoms with E-state index in [1.807, 2.05) is 5.57 Å². The molecule has 0 radical (unpaired) electrons. The highest BCUT2D eigenvalue weighted by atomic mass is 14.7. The van der Waals surface area contributed by atoms with Gasteiger partial charge in [0.25, 0.3) is 0 Å². The lowest BCUT2D eigenvalue weighted by molar-refractivity contribution is -0.104. The van der Waals surface area contributed by atoms with E-state index in [4.69, 9.17) is 0 Å². The molecule has 0 heterocycles. The van der Waals surface area contributed by atoms with E-state index in [1.165, 1.54) is 19.3 Å². The summed E-state index contributed by atoms with van der Waals surface area (Å²) in [6.07, 6.45) is 8.68. The zero-order chi connectivity index (χ0) is 14.5. The molecule has 0 aromatic carbocycles. The summed E-state index contributed by atoms with van der Waals surface area (Å²) in [5.41, 5.74) is 2.81. The van der Waals surface area contributed by atoms with Crippen LogP contribution in [0.5, 0.6) is 0 Å². The van der Waals surface area contributed by atoms with Crippen molar-refractivity contribution in [3.8, 4) is 0 Å². The Labute approximate surface area is 127 Å². The first-order valence-electron chi connectivity index (χ1n) is 8.90. The maximum atomic E-state index is 2.71. The van der Waals surface area contributed by atoms with Crippen molar-refractivity contribution in [2.24, 2.45) is 40.4 Å². The van der Waals surface area contributed by atoms with Crippen LogP contribution in [-0.4, -0.2) is 15.7 Å². The molecular formula is C18H30B2. The Hall–Kier alpha value is -0.130. The Bertz CT molecular complexity index is 484. The van der Waals surface area contributed by atoms with Gasteiger partial charge in [0.2, 0.25) is 0 Å². The second-order valence-corrected chi connectivity index (χ2v) is 10.0. The lowest BCUT2D eigenvalue weighted by atomic mass is 9.24. The second-order valence-electron chi connectivity index (χ2n) is 10.0. The van der Waals surface area contributed by atoms with Crippen LogP contribution in [0.15, 0.2) is 11.6 Å². The standard InChI is InChI=1S/C18H30B2/c1-10-13-7-11-8-14-12(13)5-6-15(14)17(10,9-11)18(19,20)16(2,3)4/h6,10-14H,5,7-9,19-20H2,1-4H3. The van der Waals surface area contributed by atoms with Gasteiger partial charge in [0.1, 0.15) is 15.7 Å². The summed E-state index contributed by atoms with van der Waals surface area (Å²) >= 11 is 0. The highest BCUT2D eigenvalue weighted by Crippen LogP contribution is 2.77. The monoisotopic (exact) mass is 268 g/mol. The molecule has 5 aliphatic carbocycles. The summed E-state index contributed by atoms with van der Waals surface area (Å²) in [5.74, 6) is 4.97. The zero-order valence-electron chi connectivity index (χ0n) is 14.3. The van der Waals surface area contributed by atoms with Crippen LogP contribution in [0.3, 0.4) is 0 Å². The van der Waals surface area contributed by atoms with Crippen LogP contribution in [-0.2, 0) is 0 Å². The Kier molecular flexibility index (Phi) is 2.44. The number of hydrogen-bond donors (Lipinski definition) is 0. The minimum absolute atomic E-state index is 0.381. The fourth-order valence-electron chi connectivity index (χ4n) is 7.10. The van der Waals surface area contributed by atoms with Crippen molar-refractivity contribution >= 4 is 15.7 Å². The molecule has 6 bridgehead atoms. The van der Waals surface area contributed by atoms with Crippen LogP contribution in [0, 0.1) is 40.4 Å². The topological polar surface area (TPSA) is 0 Å². The molecule has 0 saturated heterocycles. The third kappa shape index (κ3) is 1.25. The van der Waals surface area contributed by atoms with Gasteiger partial charge in [0, 0.05) is 0 Å². The molecule has 20 heavy (non-hydrogen) atoms. The van der Waals surface area contributed by atoms with Crippen LogP contribution in [0.25, 0.3) is 0 Å². The van der Waals surface area contributed by atoms with Crippen molar-refractivity contribution in [1.29, 1.82) is 0 Å². The van der Waals surface area contributed by atoms with E-state index in [0.717, 1.165) is 29.6 Å². The Morgan fingerprint density at radius 2 is 1.85 bits per heavy atom. The molecule has 0 spiro atoms. The first-order valence-corrected chi connectivity index (χ1v) is 8.90. The van der Waals surface area contributed by atoms with Crippen LogP contribution in [0.1, 0.15) is 53.4 Å². The fraction of sp³-hybridized carbons (Fsp3) is 0.889. The van der Waals surface area contributed by atoms with Crippen molar-refractivity contribution < 1.29 is 0 Å². The van der Waals surface area contributed by atoms with Gasteiger partial charge in [0.05, 0.1) is 0 Å². The van der Waals surface area contributed by atoms with Gasteiger partial charge < -0.3 is 0 Å². The van der Waals surface area contributed by atoms with Gasteiger partial charge in [-0.05, 0) is 66.1 Å². The molecule has 4 saturated carbocycles. The van der Waals surface area contributed by atoms with Crippen LogP contribution in [0.2, 0.25) is 5.21 Å². The van der Waals surface area contributed by atoms with E-state index in [2.05, 4.69) is 49.5 Å². The van der Waals surface area contributed by atoms with Crippen molar-refractivity contribution in [1.82, 2.24) is 0 Å². The maximum absolute atomic E-state index is 2.71. The highest BCUT2D eigenvalue weighted by molar-refractivity contribution is 6.41. The largest absolute Gasteiger partial charge is 0.101 e. The van der Waals surface area contributed by atoms with E-state index in [0.29, 0.717) is 16.0 Å². The number of rotatable bonds is 1. The van der Waals surface area contributed by atoms with Crippen molar-refractivity contribution in [3.63, 3.8) is 0 Å². The molecule has 0 N–H and O–H groups in total. The lowest BCUT2D eigenvalue weighted by Gasteiger charge is -2.70. The molecule has 108 valence electrons. The van der Waals surface area contributed by atoms with E-state index < -0.39 is 0 Å². The smallest absolute Gasteiger partial charge is 0.0842 e. The summed E-state index contributed by atoms with van der Waals surface area (Å²) in [5, 5.41) is 0.399. The minimum atomic E-state index is 0.381. The van der Waals surface area contributed by atoms with Crippen molar-refractivity contribution in [3.05, 3.63) is 11.6 Å².